The monoisotopic (exact) mass is 486 g/mol. The molecule has 0 radical (unpaired) electrons. The van der Waals surface area contributed by atoms with Gasteiger partial charge in [-0.1, -0.05) is 41.9 Å². The SMILES string of the molecule is COCCCN1C(=O)C[C@@](CC(=O)N2CC[C@@H](c3ccc(F)cc3)C2)(c2ccccc2Cl)C1=O. The van der Waals surface area contributed by atoms with Crippen molar-refractivity contribution in [2.45, 2.75) is 37.0 Å². The zero-order valence-corrected chi connectivity index (χ0v) is 19.9. The highest BCUT2D eigenvalue weighted by atomic mass is 35.5. The fourth-order valence-corrected chi connectivity index (χ4v) is 5.37. The number of hydrogen-bond acceptors (Lipinski definition) is 4. The van der Waals surface area contributed by atoms with Crippen LogP contribution in [0.25, 0.3) is 0 Å². The van der Waals surface area contributed by atoms with Crippen molar-refractivity contribution in [1.29, 1.82) is 0 Å². The van der Waals surface area contributed by atoms with Crippen LogP contribution in [0.5, 0.6) is 0 Å². The van der Waals surface area contributed by atoms with Gasteiger partial charge in [-0.15, -0.1) is 0 Å². The largest absolute Gasteiger partial charge is 0.385 e. The Bertz CT molecular complexity index is 1080. The minimum Gasteiger partial charge on any atom is -0.385 e. The van der Waals surface area contributed by atoms with E-state index in [0.29, 0.717) is 36.7 Å². The Hall–Kier alpha value is -2.77. The summed E-state index contributed by atoms with van der Waals surface area (Å²) in [6.07, 6.45) is 1.06. The molecular weight excluding hydrogens is 459 g/mol. The summed E-state index contributed by atoms with van der Waals surface area (Å²) >= 11 is 6.48. The third-order valence-electron chi connectivity index (χ3n) is 6.86. The van der Waals surface area contributed by atoms with Gasteiger partial charge >= 0.3 is 0 Å². The van der Waals surface area contributed by atoms with Crippen molar-refractivity contribution in [1.82, 2.24) is 9.80 Å². The summed E-state index contributed by atoms with van der Waals surface area (Å²) in [6, 6.07) is 13.3. The maximum absolute atomic E-state index is 13.7. The number of halogens is 2. The molecule has 0 aromatic heterocycles. The zero-order chi connectivity index (χ0) is 24.3. The average Bonchev–Trinajstić information content (AvgIpc) is 3.40. The molecule has 6 nitrogen and oxygen atoms in total. The molecule has 0 unspecified atom stereocenters. The molecule has 2 heterocycles. The molecule has 2 aromatic carbocycles. The van der Waals surface area contributed by atoms with Crippen LogP contribution in [-0.2, 0) is 24.5 Å². The van der Waals surface area contributed by atoms with Crippen molar-refractivity contribution in [2.24, 2.45) is 0 Å². The number of carbonyl (C=O) groups excluding carboxylic acids is 3. The van der Waals surface area contributed by atoms with Gasteiger partial charge in [0.25, 0.3) is 0 Å². The maximum Gasteiger partial charge on any atom is 0.240 e. The zero-order valence-electron chi connectivity index (χ0n) is 19.1. The topological polar surface area (TPSA) is 66.9 Å². The fraction of sp³-hybridized carbons (Fsp3) is 0.423. The lowest BCUT2D eigenvalue weighted by Crippen LogP contribution is -2.43. The van der Waals surface area contributed by atoms with Crippen LogP contribution < -0.4 is 0 Å². The molecule has 2 atom stereocenters. The molecular formula is C26H28ClFN2O4. The quantitative estimate of drug-likeness (QED) is 0.419. The highest BCUT2D eigenvalue weighted by Gasteiger charge is 2.54. The summed E-state index contributed by atoms with van der Waals surface area (Å²) in [5.41, 5.74) is 0.161. The number of hydrogen-bond donors (Lipinski definition) is 0. The number of imide groups is 1. The Labute approximate surface area is 203 Å². The second-order valence-corrected chi connectivity index (χ2v) is 9.40. The van der Waals surface area contributed by atoms with Gasteiger partial charge < -0.3 is 9.64 Å². The van der Waals surface area contributed by atoms with Crippen LogP contribution in [-0.4, -0.2) is 60.9 Å². The Morgan fingerprint density at radius 3 is 2.62 bits per heavy atom. The van der Waals surface area contributed by atoms with E-state index in [1.54, 1.807) is 48.4 Å². The molecule has 3 amide bonds. The normalized spacial score (nSPS) is 22.6. The molecule has 8 heteroatoms. The first-order valence-electron chi connectivity index (χ1n) is 11.5. The minimum atomic E-state index is -1.33. The van der Waals surface area contributed by atoms with E-state index < -0.39 is 5.41 Å². The lowest BCUT2D eigenvalue weighted by molar-refractivity contribution is -0.142. The van der Waals surface area contributed by atoms with E-state index in [9.17, 15) is 18.8 Å². The average molecular weight is 487 g/mol. The van der Waals surface area contributed by atoms with E-state index in [2.05, 4.69) is 0 Å². The van der Waals surface area contributed by atoms with Crippen LogP contribution in [0.15, 0.2) is 48.5 Å². The summed E-state index contributed by atoms with van der Waals surface area (Å²) in [6.45, 7) is 1.69. The van der Waals surface area contributed by atoms with Crippen molar-refractivity contribution >= 4 is 29.3 Å². The first kappa shape index (κ1) is 24.4. The molecule has 4 rings (SSSR count). The van der Waals surface area contributed by atoms with E-state index in [-0.39, 0.29) is 48.8 Å². The van der Waals surface area contributed by atoms with Crippen molar-refractivity contribution in [3.63, 3.8) is 0 Å². The number of benzene rings is 2. The van der Waals surface area contributed by atoms with Crippen LogP contribution in [0.1, 0.15) is 42.7 Å². The van der Waals surface area contributed by atoms with Gasteiger partial charge in [0.2, 0.25) is 17.7 Å². The second-order valence-electron chi connectivity index (χ2n) is 8.99. The third kappa shape index (κ3) is 4.72. The van der Waals surface area contributed by atoms with E-state index >= 15 is 0 Å². The summed E-state index contributed by atoms with van der Waals surface area (Å²) in [5.74, 6) is -1.07. The molecule has 2 aliphatic rings. The number of nitrogens with zero attached hydrogens (tertiary/aromatic N) is 2. The van der Waals surface area contributed by atoms with Crippen LogP contribution in [0.2, 0.25) is 5.02 Å². The van der Waals surface area contributed by atoms with Crippen molar-refractivity contribution in [3.8, 4) is 0 Å². The van der Waals surface area contributed by atoms with E-state index in [1.165, 1.54) is 17.0 Å². The lowest BCUT2D eigenvalue weighted by atomic mass is 9.75. The molecule has 2 fully saturated rings. The van der Waals surface area contributed by atoms with Crippen LogP contribution in [0, 0.1) is 5.82 Å². The van der Waals surface area contributed by atoms with Crippen LogP contribution in [0.4, 0.5) is 4.39 Å². The molecule has 2 aliphatic heterocycles. The summed E-state index contributed by atoms with van der Waals surface area (Å²) in [5, 5.41) is 0.362. The number of methoxy groups -OCH3 is 1. The van der Waals surface area contributed by atoms with Gasteiger partial charge in [0.05, 0.1) is 5.41 Å². The Balaban J connectivity index is 1.57. The molecule has 0 spiro atoms. The highest BCUT2D eigenvalue weighted by Crippen LogP contribution is 2.43. The predicted molar refractivity (Wildman–Crippen MR) is 126 cm³/mol. The standard InChI is InChI=1S/C26H28ClFN2O4/c1-34-14-4-12-30-24(32)16-26(25(30)33,21-5-2-3-6-22(21)27)15-23(31)29-13-11-19(17-29)18-7-9-20(28)10-8-18/h2-3,5-10,19H,4,11-17H2,1H3/t19-,26+/m1/s1. The molecule has 2 aromatic rings. The molecule has 0 N–H and O–H groups in total. The van der Waals surface area contributed by atoms with Gasteiger partial charge in [0, 0.05) is 57.1 Å². The smallest absolute Gasteiger partial charge is 0.240 e. The second kappa shape index (κ2) is 10.2. The molecule has 34 heavy (non-hydrogen) atoms. The van der Waals surface area contributed by atoms with Crippen LogP contribution >= 0.6 is 11.6 Å². The summed E-state index contributed by atoms with van der Waals surface area (Å²) in [7, 11) is 1.57. The fourth-order valence-electron chi connectivity index (χ4n) is 5.05. The van der Waals surface area contributed by atoms with E-state index in [0.717, 1.165) is 12.0 Å². The van der Waals surface area contributed by atoms with E-state index in [4.69, 9.17) is 16.3 Å². The number of ether oxygens (including phenoxy) is 1. The number of rotatable bonds is 8. The van der Waals surface area contributed by atoms with E-state index in [1.807, 2.05) is 0 Å². The van der Waals surface area contributed by atoms with Crippen molar-refractivity contribution in [3.05, 3.63) is 70.5 Å². The van der Waals surface area contributed by atoms with Gasteiger partial charge in [-0.2, -0.15) is 0 Å². The molecule has 0 aliphatic carbocycles. The molecule has 180 valence electrons. The molecule has 0 bridgehead atoms. The minimum absolute atomic E-state index is 0.0937. The highest BCUT2D eigenvalue weighted by molar-refractivity contribution is 6.32. The van der Waals surface area contributed by atoms with Gasteiger partial charge in [0.1, 0.15) is 5.82 Å². The summed E-state index contributed by atoms with van der Waals surface area (Å²) < 4.78 is 18.4. The van der Waals surface area contributed by atoms with Crippen molar-refractivity contribution < 1.29 is 23.5 Å². The maximum atomic E-state index is 13.7. The number of carbonyl (C=O) groups is 3. The Morgan fingerprint density at radius 1 is 1.18 bits per heavy atom. The first-order chi connectivity index (χ1) is 16.4. The first-order valence-corrected chi connectivity index (χ1v) is 11.9. The van der Waals surface area contributed by atoms with Crippen molar-refractivity contribution in [2.75, 3.05) is 33.4 Å². The van der Waals surface area contributed by atoms with Gasteiger partial charge in [0.15, 0.2) is 0 Å². The van der Waals surface area contributed by atoms with Gasteiger partial charge in [-0.3, -0.25) is 19.3 Å². The van der Waals surface area contributed by atoms with Gasteiger partial charge in [-0.05, 0) is 42.2 Å². The van der Waals surface area contributed by atoms with Gasteiger partial charge in [-0.25, -0.2) is 4.39 Å². The predicted octanol–water partition coefficient (Wildman–Crippen LogP) is 3.92. The summed E-state index contributed by atoms with van der Waals surface area (Å²) in [4.78, 5) is 43.0. The molecule has 2 saturated heterocycles. The van der Waals surface area contributed by atoms with Crippen LogP contribution in [0.3, 0.4) is 0 Å². The Kier molecular flexibility index (Phi) is 7.33. The lowest BCUT2D eigenvalue weighted by Gasteiger charge is -2.30. The third-order valence-corrected chi connectivity index (χ3v) is 7.19. The molecule has 0 saturated carbocycles. The number of likely N-dealkylation sites (tertiary alicyclic amines) is 2. The Morgan fingerprint density at radius 2 is 1.91 bits per heavy atom. The number of amides is 3.